The van der Waals surface area contributed by atoms with E-state index >= 15 is 0 Å². The molecule has 0 saturated heterocycles. The van der Waals surface area contributed by atoms with Gasteiger partial charge in [0, 0.05) is 25.4 Å². The highest BCUT2D eigenvalue weighted by Crippen LogP contribution is 2.31. The fourth-order valence-corrected chi connectivity index (χ4v) is 2.90. The minimum atomic E-state index is -0.575. The molecule has 29 heavy (non-hydrogen) atoms. The van der Waals surface area contributed by atoms with Crippen LogP contribution in [0.25, 0.3) is 5.65 Å². The van der Waals surface area contributed by atoms with E-state index in [-0.39, 0.29) is 11.4 Å². The Kier molecular flexibility index (Phi) is 5.38. The van der Waals surface area contributed by atoms with Gasteiger partial charge in [-0.15, -0.1) is 0 Å². The Hall–Kier alpha value is -3.87. The number of rotatable bonds is 6. The number of carbonyl (C=O) groups is 1. The normalized spacial score (nSPS) is 10.7. The second-order valence-electron chi connectivity index (χ2n) is 6.36. The number of hydrogen-bond acceptors (Lipinski definition) is 3. The number of anilines is 1. The van der Waals surface area contributed by atoms with Crippen LogP contribution in [0.15, 0.2) is 79.1 Å². The number of amides is 2. The molecule has 2 aromatic heterocycles. The average molecular weight is 390 g/mol. The van der Waals surface area contributed by atoms with E-state index in [0.717, 1.165) is 11.3 Å². The Labute approximate surface area is 167 Å². The van der Waals surface area contributed by atoms with Crippen LogP contribution >= 0.6 is 0 Å². The van der Waals surface area contributed by atoms with Gasteiger partial charge in [0.2, 0.25) is 0 Å². The van der Waals surface area contributed by atoms with Crippen LogP contribution < -0.4 is 15.4 Å². The van der Waals surface area contributed by atoms with Gasteiger partial charge in [-0.1, -0.05) is 30.3 Å². The van der Waals surface area contributed by atoms with Crippen molar-refractivity contribution in [1.29, 1.82) is 0 Å². The van der Waals surface area contributed by atoms with E-state index in [9.17, 15) is 9.18 Å². The first kappa shape index (κ1) is 18.5. The Morgan fingerprint density at radius 2 is 1.86 bits per heavy atom. The van der Waals surface area contributed by atoms with Gasteiger partial charge in [0.15, 0.2) is 11.6 Å². The van der Waals surface area contributed by atoms with Gasteiger partial charge >= 0.3 is 6.03 Å². The SMILES string of the molecule is O=C(NCCc1cn2ccccc2n1)Nc1c(F)cccc1Oc1ccccc1. The quantitative estimate of drug-likeness (QED) is 0.504. The number of imidazole rings is 1. The molecule has 0 saturated carbocycles. The van der Waals surface area contributed by atoms with Crippen molar-refractivity contribution in [2.75, 3.05) is 11.9 Å². The Balaban J connectivity index is 1.37. The van der Waals surface area contributed by atoms with Crippen LogP contribution in [-0.4, -0.2) is 22.0 Å². The lowest BCUT2D eigenvalue weighted by Crippen LogP contribution is -2.31. The van der Waals surface area contributed by atoms with Crippen LogP contribution in [0.3, 0.4) is 0 Å². The average Bonchev–Trinajstić information content (AvgIpc) is 3.14. The lowest BCUT2D eigenvalue weighted by atomic mass is 10.2. The monoisotopic (exact) mass is 390 g/mol. The summed E-state index contributed by atoms with van der Waals surface area (Å²) >= 11 is 0. The van der Waals surface area contributed by atoms with Gasteiger partial charge in [-0.25, -0.2) is 14.2 Å². The van der Waals surface area contributed by atoms with Gasteiger partial charge in [-0.3, -0.25) is 0 Å². The zero-order valence-corrected chi connectivity index (χ0v) is 15.5. The number of nitrogens with one attached hydrogen (secondary N) is 2. The minimum Gasteiger partial charge on any atom is -0.455 e. The van der Waals surface area contributed by atoms with Crippen molar-refractivity contribution in [3.05, 3.63) is 90.6 Å². The number of benzene rings is 2. The van der Waals surface area contributed by atoms with Crippen molar-refractivity contribution in [1.82, 2.24) is 14.7 Å². The summed E-state index contributed by atoms with van der Waals surface area (Å²) in [6.45, 7) is 0.360. The fourth-order valence-electron chi connectivity index (χ4n) is 2.90. The molecule has 2 heterocycles. The third-order valence-electron chi connectivity index (χ3n) is 4.27. The number of fused-ring (bicyclic) bond motifs is 1. The third kappa shape index (κ3) is 4.52. The summed E-state index contributed by atoms with van der Waals surface area (Å²) < 4.78 is 21.9. The molecule has 7 heteroatoms. The molecule has 0 aliphatic heterocycles. The minimum absolute atomic E-state index is 0.0124. The van der Waals surface area contributed by atoms with Crippen molar-refractivity contribution in [3.63, 3.8) is 0 Å². The number of pyridine rings is 1. The number of para-hydroxylation sites is 2. The van der Waals surface area contributed by atoms with Gasteiger partial charge in [-0.05, 0) is 36.4 Å². The Bertz CT molecular complexity index is 1100. The fraction of sp³-hybridized carbons (Fsp3) is 0.0909. The topological polar surface area (TPSA) is 67.7 Å². The predicted octanol–water partition coefficient (Wildman–Crippen LogP) is 4.63. The molecule has 2 amide bonds. The van der Waals surface area contributed by atoms with Crippen molar-refractivity contribution >= 4 is 17.4 Å². The van der Waals surface area contributed by atoms with E-state index in [2.05, 4.69) is 15.6 Å². The van der Waals surface area contributed by atoms with Crippen LogP contribution in [0.1, 0.15) is 5.69 Å². The molecule has 146 valence electrons. The lowest BCUT2D eigenvalue weighted by Gasteiger charge is -2.13. The molecule has 6 nitrogen and oxygen atoms in total. The largest absolute Gasteiger partial charge is 0.455 e. The van der Waals surface area contributed by atoms with Crippen LogP contribution in [0.5, 0.6) is 11.5 Å². The molecule has 0 fully saturated rings. The van der Waals surface area contributed by atoms with Crippen LogP contribution in [0.4, 0.5) is 14.9 Å². The summed E-state index contributed by atoms with van der Waals surface area (Å²) in [6, 6.07) is 18.6. The maximum absolute atomic E-state index is 14.3. The van der Waals surface area contributed by atoms with E-state index in [4.69, 9.17) is 4.74 Å². The molecule has 4 rings (SSSR count). The Morgan fingerprint density at radius 1 is 1.03 bits per heavy atom. The second-order valence-corrected chi connectivity index (χ2v) is 6.36. The van der Waals surface area contributed by atoms with Crippen LogP contribution in [0, 0.1) is 5.82 Å². The number of aromatic nitrogens is 2. The first-order chi connectivity index (χ1) is 14.2. The first-order valence-electron chi connectivity index (χ1n) is 9.18. The molecule has 0 aliphatic rings. The van der Waals surface area contributed by atoms with Gasteiger partial charge < -0.3 is 19.8 Å². The van der Waals surface area contributed by atoms with E-state index in [0.29, 0.717) is 18.7 Å². The summed E-state index contributed by atoms with van der Waals surface area (Å²) in [7, 11) is 0. The summed E-state index contributed by atoms with van der Waals surface area (Å²) in [5, 5.41) is 5.26. The molecular formula is C22H19FN4O2. The summed E-state index contributed by atoms with van der Waals surface area (Å²) in [6.07, 6.45) is 4.38. The zero-order valence-electron chi connectivity index (χ0n) is 15.5. The summed E-state index contributed by atoms with van der Waals surface area (Å²) in [4.78, 5) is 16.7. The number of hydrogen-bond donors (Lipinski definition) is 2. The maximum atomic E-state index is 14.3. The highest BCUT2D eigenvalue weighted by Gasteiger charge is 2.14. The smallest absolute Gasteiger partial charge is 0.319 e. The van der Waals surface area contributed by atoms with Crippen LogP contribution in [-0.2, 0) is 6.42 Å². The van der Waals surface area contributed by atoms with Gasteiger partial charge in [0.25, 0.3) is 0 Å². The molecule has 0 unspecified atom stereocenters. The van der Waals surface area contributed by atoms with Crippen molar-refractivity contribution in [3.8, 4) is 11.5 Å². The molecule has 4 aromatic rings. The van der Waals surface area contributed by atoms with Gasteiger partial charge in [-0.2, -0.15) is 0 Å². The molecular weight excluding hydrogens is 371 g/mol. The number of halogens is 1. The molecule has 0 radical (unpaired) electrons. The highest BCUT2D eigenvalue weighted by atomic mass is 19.1. The summed E-state index contributed by atoms with van der Waals surface area (Å²) in [5.74, 6) is 0.203. The van der Waals surface area contributed by atoms with E-state index < -0.39 is 11.8 Å². The second kappa shape index (κ2) is 8.43. The van der Waals surface area contributed by atoms with E-state index in [1.165, 1.54) is 12.1 Å². The number of ether oxygens (including phenoxy) is 1. The number of urea groups is 1. The van der Waals surface area contributed by atoms with E-state index in [1.54, 1.807) is 18.2 Å². The number of carbonyl (C=O) groups excluding carboxylic acids is 1. The van der Waals surface area contributed by atoms with Crippen molar-refractivity contribution < 1.29 is 13.9 Å². The standard InChI is InChI=1S/C22H19FN4O2/c23-18-9-6-10-19(29-17-7-2-1-3-8-17)21(18)26-22(28)24-13-12-16-15-27-14-5-4-11-20(27)25-16/h1-11,14-15H,12-13H2,(H2,24,26,28). The molecule has 0 aliphatic carbocycles. The molecule has 0 spiro atoms. The van der Waals surface area contributed by atoms with Gasteiger partial charge in [0.1, 0.15) is 17.1 Å². The van der Waals surface area contributed by atoms with Crippen molar-refractivity contribution in [2.45, 2.75) is 6.42 Å². The zero-order chi connectivity index (χ0) is 20.1. The van der Waals surface area contributed by atoms with Crippen LogP contribution in [0.2, 0.25) is 0 Å². The van der Waals surface area contributed by atoms with E-state index in [1.807, 2.05) is 53.2 Å². The first-order valence-corrected chi connectivity index (χ1v) is 9.18. The Morgan fingerprint density at radius 3 is 2.69 bits per heavy atom. The molecule has 0 atom stereocenters. The number of nitrogens with zero attached hydrogens (tertiary/aromatic N) is 2. The third-order valence-corrected chi connectivity index (χ3v) is 4.27. The van der Waals surface area contributed by atoms with Gasteiger partial charge in [0.05, 0.1) is 5.69 Å². The molecule has 2 N–H and O–H groups in total. The maximum Gasteiger partial charge on any atom is 0.319 e. The lowest BCUT2D eigenvalue weighted by molar-refractivity contribution is 0.252. The molecule has 2 aromatic carbocycles. The highest BCUT2D eigenvalue weighted by molar-refractivity contribution is 5.91. The molecule has 0 bridgehead atoms. The van der Waals surface area contributed by atoms with Crippen molar-refractivity contribution in [2.24, 2.45) is 0 Å². The predicted molar refractivity (Wildman–Crippen MR) is 109 cm³/mol. The summed E-state index contributed by atoms with van der Waals surface area (Å²) in [5.41, 5.74) is 1.69.